The van der Waals surface area contributed by atoms with Crippen LogP contribution in [0, 0.1) is 0 Å². The summed E-state index contributed by atoms with van der Waals surface area (Å²) in [5, 5.41) is 11.0. The minimum atomic E-state index is -1.04. The number of aliphatic carboxylic acids is 1. The van der Waals surface area contributed by atoms with E-state index in [4.69, 9.17) is 9.84 Å². The summed E-state index contributed by atoms with van der Waals surface area (Å²) in [6.45, 7) is 7.14. The Bertz CT molecular complexity index is 278. The quantitative estimate of drug-likeness (QED) is 0.722. The lowest BCUT2D eigenvalue weighted by atomic mass is 10.2. The van der Waals surface area contributed by atoms with Gasteiger partial charge in [0, 0.05) is 6.08 Å². The molecule has 0 spiro atoms. The first kappa shape index (κ1) is 14.5. The van der Waals surface area contributed by atoms with E-state index in [1.807, 2.05) is 6.92 Å². The number of carbonyl (C=O) groups is 2. The maximum absolute atomic E-state index is 11.4. The van der Waals surface area contributed by atoms with E-state index in [1.54, 1.807) is 20.8 Å². The lowest BCUT2D eigenvalue weighted by Gasteiger charge is -2.21. The number of alkyl carbamates (subject to hydrolysis) is 1. The zero-order valence-electron chi connectivity index (χ0n) is 10.1. The van der Waals surface area contributed by atoms with E-state index in [0.717, 1.165) is 6.08 Å². The fourth-order valence-corrected chi connectivity index (χ4v) is 0.944. The van der Waals surface area contributed by atoms with Gasteiger partial charge in [0.2, 0.25) is 0 Å². The number of carbonyl (C=O) groups excluding carboxylic acids is 1. The van der Waals surface area contributed by atoms with E-state index >= 15 is 0 Å². The van der Waals surface area contributed by atoms with Crippen molar-refractivity contribution in [1.29, 1.82) is 0 Å². The summed E-state index contributed by atoms with van der Waals surface area (Å²) in [4.78, 5) is 21.7. The maximum atomic E-state index is 11.4. The maximum Gasteiger partial charge on any atom is 0.408 e. The molecule has 0 saturated carbocycles. The number of ether oxygens (including phenoxy) is 1. The zero-order chi connectivity index (χ0) is 12.8. The molecular formula is C11H19NO4. The molecule has 16 heavy (non-hydrogen) atoms. The van der Waals surface area contributed by atoms with Gasteiger partial charge in [-0.05, 0) is 27.2 Å². The van der Waals surface area contributed by atoms with Crippen molar-refractivity contribution in [3.8, 4) is 0 Å². The molecule has 0 radical (unpaired) electrons. The molecule has 5 heteroatoms. The summed E-state index contributed by atoms with van der Waals surface area (Å²) >= 11 is 0. The van der Waals surface area contributed by atoms with Gasteiger partial charge in [-0.1, -0.05) is 13.0 Å². The van der Waals surface area contributed by atoms with Crippen molar-refractivity contribution in [3.63, 3.8) is 0 Å². The third-order valence-electron chi connectivity index (χ3n) is 1.61. The van der Waals surface area contributed by atoms with Gasteiger partial charge in [0.1, 0.15) is 5.60 Å². The highest BCUT2D eigenvalue weighted by atomic mass is 16.6. The van der Waals surface area contributed by atoms with Gasteiger partial charge in [-0.25, -0.2) is 9.59 Å². The molecule has 0 aromatic heterocycles. The van der Waals surface area contributed by atoms with Crippen LogP contribution in [0.15, 0.2) is 12.2 Å². The molecule has 0 rings (SSSR count). The number of carboxylic acid groups (broad SMARTS) is 1. The topological polar surface area (TPSA) is 75.6 Å². The molecule has 5 nitrogen and oxygen atoms in total. The molecule has 0 aromatic carbocycles. The third-order valence-corrected chi connectivity index (χ3v) is 1.61. The first-order valence-corrected chi connectivity index (χ1v) is 5.15. The smallest absolute Gasteiger partial charge is 0.408 e. The van der Waals surface area contributed by atoms with Crippen LogP contribution in [0.2, 0.25) is 0 Å². The highest BCUT2D eigenvalue weighted by Gasteiger charge is 2.17. The van der Waals surface area contributed by atoms with Gasteiger partial charge in [-0.2, -0.15) is 0 Å². The summed E-state index contributed by atoms with van der Waals surface area (Å²) in [6.07, 6.45) is 2.48. The second kappa shape index (κ2) is 6.15. The van der Waals surface area contributed by atoms with Gasteiger partial charge < -0.3 is 15.2 Å². The summed E-state index contributed by atoms with van der Waals surface area (Å²) in [7, 11) is 0. The molecule has 2 N–H and O–H groups in total. The van der Waals surface area contributed by atoms with Crippen molar-refractivity contribution in [1.82, 2.24) is 5.32 Å². The summed E-state index contributed by atoms with van der Waals surface area (Å²) in [6, 6.07) is -0.328. The molecule has 0 aromatic rings. The van der Waals surface area contributed by atoms with Crippen LogP contribution >= 0.6 is 0 Å². The molecule has 0 aliphatic rings. The van der Waals surface area contributed by atoms with Crippen LogP contribution in [-0.2, 0) is 9.53 Å². The number of rotatable bonds is 4. The molecule has 0 bridgehead atoms. The predicted octanol–water partition coefficient (Wildman–Crippen LogP) is 1.93. The number of carboxylic acids is 1. The van der Waals surface area contributed by atoms with E-state index in [9.17, 15) is 9.59 Å². The molecule has 1 amide bonds. The van der Waals surface area contributed by atoms with Crippen LogP contribution in [0.3, 0.4) is 0 Å². The van der Waals surface area contributed by atoms with Crippen molar-refractivity contribution in [2.45, 2.75) is 45.8 Å². The second-order valence-corrected chi connectivity index (χ2v) is 4.36. The summed E-state index contributed by atoms with van der Waals surface area (Å²) in [5.41, 5.74) is -0.557. The van der Waals surface area contributed by atoms with E-state index in [2.05, 4.69) is 5.32 Å². The Hall–Kier alpha value is -1.52. The van der Waals surface area contributed by atoms with Gasteiger partial charge in [-0.15, -0.1) is 0 Å². The average Bonchev–Trinajstić information content (AvgIpc) is 2.08. The molecular weight excluding hydrogens is 210 g/mol. The molecule has 92 valence electrons. The Labute approximate surface area is 95.5 Å². The molecule has 0 aliphatic carbocycles. The van der Waals surface area contributed by atoms with Crippen molar-refractivity contribution in [3.05, 3.63) is 12.2 Å². The monoisotopic (exact) mass is 229 g/mol. The Morgan fingerprint density at radius 1 is 1.44 bits per heavy atom. The lowest BCUT2D eigenvalue weighted by Crippen LogP contribution is -2.38. The molecule has 0 heterocycles. The third kappa shape index (κ3) is 7.84. The standard InChI is InChI=1S/C11H19NO4/c1-5-8(6-7-9(13)14)12-10(15)16-11(2,3)4/h6-8H,5H2,1-4H3,(H,12,15)(H,13,14). The predicted molar refractivity (Wildman–Crippen MR) is 60.2 cm³/mol. The first-order chi connectivity index (χ1) is 7.24. The van der Waals surface area contributed by atoms with Crippen LogP contribution < -0.4 is 5.32 Å². The minimum Gasteiger partial charge on any atom is -0.478 e. The minimum absolute atomic E-state index is 0.328. The Kier molecular flexibility index (Phi) is 5.56. The van der Waals surface area contributed by atoms with Crippen LogP contribution in [0.5, 0.6) is 0 Å². The van der Waals surface area contributed by atoms with E-state index < -0.39 is 17.7 Å². The average molecular weight is 229 g/mol. The van der Waals surface area contributed by atoms with Crippen LogP contribution in [0.25, 0.3) is 0 Å². The van der Waals surface area contributed by atoms with Crippen LogP contribution in [0.1, 0.15) is 34.1 Å². The summed E-state index contributed by atoms with van der Waals surface area (Å²) < 4.78 is 5.05. The SMILES string of the molecule is CCC(C=CC(=O)O)NC(=O)OC(C)(C)C. The van der Waals surface area contributed by atoms with Crippen molar-refractivity contribution >= 4 is 12.1 Å². The number of hydrogen-bond donors (Lipinski definition) is 2. The van der Waals surface area contributed by atoms with Gasteiger partial charge in [-0.3, -0.25) is 0 Å². The van der Waals surface area contributed by atoms with Gasteiger partial charge in [0.15, 0.2) is 0 Å². The van der Waals surface area contributed by atoms with Gasteiger partial charge >= 0.3 is 12.1 Å². The van der Waals surface area contributed by atoms with Crippen LogP contribution in [-0.4, -0.2) is 28.8 Å². The van der Waals surface area contributed by atoms with Crippen molar-refractivity contribution in [2.24, 2.45) is 0 Å². The van der Waals surface area contributed by atoms with E-state index in [0.29, 0.717) is 6.42 Å². The Morgan fingerprint density at radius 3 is 2.38 bits per heavy atom. The first-order valence-electron chi connectivity index (χ1n) is 5.15. The zero-order valence-corrected chi connectivity index (χ0v) is 10.1. The fourth-order valence-electron chi connectivity index (χ4n) is 0.944. The number of amides is 1. The largest absolute Gasteiger partial charge is 0.478 e. The van der Waals surface area contributed by atoms with E-state index in [1.165, 1.54) is 6.08 Å². The number of hydrogen-bond acceptors (Lipinski definition) is 3. The van der Waals surface area contributed by atoms with Gasteiger partial charge in [0.05, 0.1) is 6.04 Å². The molecule has 0 fully saturated rings. The molecule has 0 saturated heterocycles. The second-order valence-electron chi connectivity index (χ2n) is 4.36. The normalized spacial score (nSPS) is 13.5. The Morgan fingerprint density at radius 2 is 2.00 bits per heavy atom. The summed E-state index contributed by atoms with van der Waals surface area (Å²) in [5.74, 6) is -1.04. The highest BCUT2D eigenvalue weighted by molar-refractivity contribution is 5.80. The lowest BCUT2D eigenvalue weighted by molar-refractivity contribution is -0.131. The van der Waals surface area contributed by atoms with Crippen molar-refractivity contribution < 1.29 is 19.4 Å². The van der Waals surface area contributed by atoms with E-state index in [-0.39, 0.29) is 6.04 Å². The Balaban J connectivity index is 4.23. The van der Waals surface area contributed by atoms with Crippen LogP contribution in [0.4, 0.5) is 4.79 Å². The molecule has 0 aliphatic heterocycles. The van der Waals surface area contributed by atoms with Crippen molar-refractivity contribution in [2.75, 3.05) is 0 Å². The number of nitrogens with one attached hydrogen (secondary N) is 1. The fraction of sp³-hybridized carbons (Fsp3) is 0.636. The highest BCUT2D eigenvalue weighted by Crippen LogP contribution is 2.07. The molecule has 1 atom stereocenters. The molecule has 1 unspecified atom stereocenters. The van der Waals surface area contributed by atoms with Gasteiger partial charge in [0.25, 0.3) is 0 Å².